The van der Waals surface area contributed by atoms with Crippen molar-refractivity contribution < 1.29 is 23.3 Å². The lowest BCUT2D eigenvalue weighted by atomic mass is 10.1. The van der Waals surface area contributed by atoms with Gasteiger partial charge in [0.1, 0.15) is 5.82 Å². The molecule has 5 heteroatoms. The van der Waals surface area contributed by atoms with Gasteiger partial charge in [-0.1, -0.05) is 31.2 Å². The van der Waals surface area contributed by atoms with E-state index in [1.807, 2.05) is 0 Å². The molecule has 2 saturated heterocycles. The van der Waals surface area contributed by atoms with E-state index in [0.717, 1.165) is 12.0 Å². The zero-order chi connectivity index (χ0) is 16.1. The summed E-state index contributed by atoms with van der Waals surface area (Å²) >= 11 is 0. The molecule has 0 atom stereocenters. The SMILES string of the molecule is CCC=CC1COC(C2COC(c3ccc(F)cc3)OC2)OC1. The van der Waals surface area contributed by atoms with Crippen LogP contribution in [0.2, 0.25) is 0 Å². The molecule has 3 rings (SSSR count). The van der Waals surface area contributed by atoms with Crippen LogP contribution in [0.1, 0.15) is 25.2 Å². The Bertz CT molecular complexity index is 500. The van der Waals surface area contributed by atoms with Crippen molar-refractivity contribution in [2.24, 2.45) is 11.8 Å². The maximum Gasteiger partial charge on any atom is 0.183 e. The number of allylic oxidation sites excluding steroid dienone is 1. The van der Waals surface area contributed by atoms with Crippen LogP contribution in [0.4, 0.5) is 4.39 Å². The first-order chi connectivity index (χ1) is 11.3. The van der Waals surface area contributed by atoms with Crippen LogP contribution >= 0.6 is 0 Å². The fraction of sp³-hybridized carbons (Fsp3) is 0.556. The van der Waals surface area contributed by atoms with Gasteiger partial charge in [0.2, 0.25) is 0 Å². The highest BCUT2D eigenvalue weighted by atomic mass is 19.1. The van der Waals surface area contributed by atoms with Crippen LogP contribution in [-0.2, 0) is 18.9 Å². The first kappa shape index (κ1) is 16.6. The molecular formula is C18H23FO4. The van der Waals surface area contributed by atoms with Gasteiger partial charge >= 0.3 is 0 Å². The van der Waals surface area contributed by atoms with Crippen molar-refractivity contribution in [1.82, 2.24) is 0 Å². The summed E-state index contributed by atoms with van der Waals surface area (Å²) in [5, 5.41) is 0. The van der Waals surface area contributed by atoms with Crippen molar-refractivity contribution >= 4 is 0 Å². The second-order valence-electron chi connectivity index (χ2n) is 5.94. The minimum atomic E-state index is -0.448. The Morgan fingerprint density at radius 1 is 1.00 bits per heavy atom. The Balaban J connectivity index is 1.46. The Hall–Kier alpha value is -1.27. The summed E-state index contributed by atoms with van der Waals surface area (Å²) in [5.41, 5.74) is 0.820. The molecule has 0 spiro atoms. The predicted molar refractivity (Wildman–Crippen MR) is 83.1 cm³/mol. The minimum absolute atomic E-state index is 0.0582. The molecule has 0 saturated carbocycles. The molecule has 1 aromatic carbocycles. The second-order valence-corrected chi connectivity index (χ2v) is 5.94. The molecule has 4 nitrogen and oxygen atoms in total. The first-order valence-electron chi connectivity index (χ1n) is 8.14. The van der Waals surface area contributed by atoms with Gasteiger partial charge in [0.15, 0.2) is 12.6 Å². The van der Waals surface area contributed by atoms with Crippen molar-refractivity contribution in [3.05, 3.63) is 47.8 Å². The molecule has 0 aromatic heterocycles. The standard InChI is InChI=1S/C18H23FO4/c1-2-3-4-13-9-20-18(21-10-13)15-11-22-17(23-12-15)14-5-7-16(19)8-6-14/h3-8,13,15,17-18H,2,9-12H2,1H3. The monoisotopic (exact) mass is 322 g/mol. The summed E-state index contributed by atoms with van der Waals surface area (Å²) in [6.07, 6.45) is 4.58. The molecule has 126 valence electrons. The van der Waals surface area contributed by atoms with Crippen molar-refractivity contribution in [3.8, 4) is 0 Å². The highest BCUT2D eigenvalue weighted by molar-refractivity contribution is 5.17. The highest BCUT2D eigenvalue weighted by Crippen LogP contribution is 2.29. The van der Waals surface area contributed by atoms with Crippen LogP contribution in [0, 0.1) is 17.7 Å². The Kier molecular flexibility index (Phi) is 5.78. The lowest BCUT2D eigenvalue weighted by Crippen LogP contribution is -2.42. The van der Waals surface area contributed by atoms with Crippen molar-refractivity contribution in [1.29, 1.82) is 0 Å². The molecule has 0 amide bonds. The fourth-order valence-corrected chi connectivity index (χ4v) is 2.73. The molecule has 0 bridgehead atoms. The van der Waals surface area contributed by atoms with E-state index in [1.54, 1.807) is 12.1 Å². The van der Waals surface area contributed by atoms with Gasteiger partial charge in [-0.15, -0.1) is 0 Å². The summed E-state index contributed by atoms with van der Waals surface area (Å²) in [6.45, 7) is 4.44. The van der Waals surface area contributed by atoms with Gasteiger partial charge in [-0.25, -0.2) is 4.39 Å². The van der Waals surface area contributed by atoms with Gasteiger partial charge in [0.05, 0.1) is 32.3 Å². The average Bonchev–Trinajstić information content (AvgIpc) is 2.61. The zero-order valence-electron chi connectivity index (χ0n) is 13.3. The average molecular weight is 322 g/mol. The quantitative estimate of drug-likeness (QED) is 0.796. The maximum absolute atomic E-state index is 12.9. The third-order valence-electron chi connectivity index (χ3n) is 4.04. The largest absolute Gasteiger partial charge is 0.351 e. The first-order valence-corrected chi connectivity index (χ1v) is 8.14. The molecule has 0 radical (unpaired) electrons. The predicted octanol–water partition coefficient (Wildman–Crippen LogP) is 3.44. The molecule has 2 aliphatic heterocycles. The van der Waals surface area contributed by atoms with Crippen molar-refractivity contribution in [3.63, 3.8) is 0 Å². The summed E-state index contributed by atoms with van der Waals surface area (Å²) in [4.78, 5) is 0. The molecule has 2 heterocycles. The minimum Gasteiger partial charge on any atom is -0.351 e. The Morgan fingerprint density at radius 3 is 2.26 bits per heavy atom. The van der Waals surface area contributed by atoms with Crippen LogP contribution in [0.5, 0.6) is 0 Å². The smallest absolute Gasteiger partial charge is 0.183 e. The van der Waals surface area contributed by atoms with Crippen LogP contribution < -0.4 is 0 Å². The summed E-state index contributed by atoms with van der Waals surface area (Å²) in [6, 6.07) is 6.17. The van der Waals surface area contributed by atoms with E-state index in [1.165, 1.54) is 12.1 Å². The van der Waals surface area contributed by atoms with Gasteiger partial charge in [-0.05, 0) is 18.6 Å². The van der Waals surface area contributed by atoms with Crippen LogP contribution in [0.3, 0.4) is 0 Å². The zero-order valence-corrected chi connectivity index (χ0v) is 13.3. The van der Waals surface area contributed by atoms with Crippen LogP contribution in [0.25, 0.3) is 0 Å². The van der Waals surface area contributed by atoms with Gasteiger partial charge in [-0.3, -0.25) is 0 Å². The van der Waals surface area contributed by atoms with E-state index >= 15 is 0 Å². The Labute approximate surface area is 136 Å². The van der Waals surface area contributed by atoms with E-state index in [4.69, 9.17) is 18.9 Å². The van der Waals surface area contributed by atoms with Gasteiger partial charge in [0, 0.05) is 11.5 Å². The van der Waals surface area contributed by atoms with Crippen molar-refractivity contribution in [2.75, 3.05) is 26.4 Å². The summed E-state index contributed by atoms with van der Waals surface area (Å²) < 4.78 is 36.0. The van der Waals surface area contributed by atoms with Crippen LogP contribution in [0.15, 0.2) is 36.4 Å². The molecule has 0 aliphatic carbocycles. The molecule has 0 unspecified atom stereocenters. The third kappa shape index (κ3) is 4.38. The molecular weight excluding hydrogens is 299 g/mol. The lowest BCUT2D eigenvalue weighted by Gasteiger charge is -2.37. The number of benzene rings is 1. The maximum atomic E-state index is 12.9. The van der Waals surface area contributed by atoms with E-state index in [0.29, 0.717) is 32.3 Å². The van der Waals surface area contributed by atoms with E-state index < -0.39 is 6.29 Å². The number of rotatable bonds is 4. The number of hydrogen-bond acceptors (Lipinski definition) is 4. The number of ether oxygens (including phenoxy) is 4. The topological polar surface area (TPSA) is 36.9 Å². The van der Waals surface area contributed by atoms with E-state index in [2.05, 4.69) is 19.1 Å². The van der Waals surface area contributed by atoms with Crippen LogP contribution in [-0.4, -0.2) is 32.7 Å². The molecule has 2 aliphatic rings. The highest BCUT2D eigenvalue weighted by Gasteiger charge is 2.33. The van der Waals surface area contributed by atoms with E-state index in [9.17, 15) is 4.39 Å². The molecule has 0 N–H and O–H groups in total. The lowest BCUT2D eigenvalue weighted by molar-refractivity contribution is -0.280. The van der Waals surface area contributed by atoms with E-state index in [-0.39, 0.29) is 18.0 Å². The molecule has 2 fully saturated rings. The summed E-state index contributed by atoms with van der Waals surface area (Å²) in [5.74, 6) is 0.115. The normalized spacial score (nSPS) is 32.3. The molecule has 1 aromatic rings. The van der Waals surface area contributed by atoms with Crippen molar-refractivity contribution in [2.45, 2.75) is 25.9 Å². The summed E-state index contributed by atoms with van der Waals surface area (Å²) in [7, 11) is 0. The Morgan fingerprint density at radius 2 is 1.65 bits per heavy atom. The molecule has 23 heavy (non-hydrogen) atoms. The van der Waals surface area contributed by atoms with Gasteiger partial charge in [0.25, 0.3) is 0 Å². The number of hydrogen-bond donors (Lipinski definition) is 0. The third-order valence-corrected chi connectivity index (χ3v) is 4.04. The fourth-order valence-electron chi connectivity index (χ4n) is 2.73. The number of halogens is 1. The second kappa shape index (κ2) is 8.02. The van der Waals surface area contributed by atoms with Gasteiger partial charge in [-0.2, -0.15) is 0 Å². The van der Waals surface area contributed by atoms with Gasteiger partial charge < -0.3 is 18.9 Å².